The molecule has 3 aromatic carbocycles. The molecule has 1 atom stereocenters. The van der Waals surface area contributed by atoms with Crippen LogP contribution in [0.2, 0.25) is 0 Å². The Hall–Kier alpha value is -7.82. The van der Waals surface area contributed by atoms with Gasteiger partial charge < -0.3 is 14.4 Å². The first-order valence-electron chi connectivity index (χ1n) is 23.0. The van der Waals surface area contributed by atoms with E-state index in [2.05, 4.69) is 38.5 Å². The number of aryl methyl sites for hydroxylation is 1. The SMILES string of the molecule is CCc1c(-c2ccc(-n3c(OC)nn(C)c3=O)cc2Oc2ccc(C3CCN(c4ccc5c(c4)C(C)(C)C(=O)N5C4CCC(=O)NC4=O)CC3)cc2)ccnc1N1CCN(c2cccnc2)C1=O. The quantitative estimate of drug-likeness (QED) is 0.138. The summed E-state index contributed by atoms with van der Waals surface area (Å²) >= 11 is 0. The average molecular weight is 917 g/mol. The Morgan fingerprint density at radius 3 is 2.29 bits per heavy atom. The maximum Gasteiger partial charge on any atom is 0.353 e. The van der Waals surface area contributed by atoms with E-state index in [0.717, 1.165) is 65.2 Å². The van der Waals surface area contributed by atoms with Crippen molar-refractivity contribution >= 4 is 46.6 Å². The summed E-state index contributed by atoms with van der Waals surface area (Å²) < 4.78 is 14.9. The summed E-state index contributed by atoms with van der Waals surface area (Å²) in [7, 11) is 3.03. The van der Waals surface area contributed by atoms with E-state index >= 15 is 0 Å². The normalized spacial score (nSPS) is 18.3. The minimum atomic E-state index is -0.822. The number of amides is 5. The van der Waals surface area contributed by atoms with Crippen LogP contribution in [0, 0.1) is 0 Å². The molecule has 68 heavy (non-hydrogen) atoms. The van der Waals surface area contributed by atoms with Gasteiger partial charge in [-0.2, -0.15) is 0 Å². The van der Waals surface area contributed by atoms with E-state index in [4.69, 9.17) is 14.5 Å². The second-order valence-corrected chi connectivity index (χ2v) is 18.1. The lowest BCUT2D eigenvalue weighted by Gasteiger charge is -2.34. The van der Waals surface area contributed by atoms with Gasteiger partial charge in [-0.15, -0.1) is 5.10 Å². The molecule has 10 rings (SSSR count). The van der Waals surface area contributed by atoms with Gasteiger partial charge in [0.05, 0.1) is 30.1 Å². The van der Waals surface area contributed by atoms with Crippen LogP contribution in [0.3, 0.4) is 0 Å². The van der Waals surface area contributed by atoms with Gasteiger partial charge in [0.1, 0.15) is 23.4 Å². The molecular weight excluding hydrogens is 865 g/mol. The van der Waals surface area contributed by atoms with Gasteiger partial charge in [-0.05, 0) is 123 Å². The number of benzene rings is 3. The zero-order chi connectivity index (χ0) is 47.4. The molecule has 4 aliphatic rings. The molecule has 0 bridgehead atoms. The summed E-state index contributed by atoms with van der Waals surface area (Å²) in [6.07, 6.45) is 7.98. The van der Waals surface area contributed by atoms with Gasteiger partial charge in [0.15, 0.2) is 0 Å². The number of carbonyl (C=O) groups is 4. The lowest BCUT2D eigenvalue weighted by atomic mass is 9.85. The topological polar surface area (TPSA) is 177 Å². The molecule has 1 unspecified atom stereocenters. The predicted molar refractivity (Wildman–Crippen MR) is 256 cm³/mol. The van der Waals surface area contributed by atoms with Crippen LogP contribution in [-0.2, 0) is 33.3 Å². The predicted octanol–water partition coefficient (Wildman–Crippen LogP) is 6.65. The fourth-order valence-corrected chi connectivity index (χ4v) is 10.2. The van der Waals surface area contributed by atoms with Crippen molar-refractivity contribution in [3.63, 3.8) is 0 Å². The zero-order valence-corrected chi connectivity index (χ0v) is 38.6. The summed E-state index contributed by atoms with van der Waals surface area (Å²) in [5.74, 6) is 1.09. The molecule has 1 N–H and O–H groups in total. The Morgan fingerprint density at radius 2 is 1.57 bits per heavy atom. The molecule has 348 valence electrons. The minimum Gasteiger partial charge on any atom is -0.467 e. The largest absolute Gasteiger partial charge is 0.467 e. The van der Waals surface area contributed by atoms with Gasteiger partial charge in [0.2, 0.25) is 17.7 Å². The number of rotatable bonds is 11. The van der Waals surface area contributed by atoms with Crippen molar-refractivity contribution in [1.82, 2.24) is 29.6 Å². The Labute approximate surface area is 392 Å². The number of pyridine rings is 2. The third-order valence-electron chi connectivity index (χ3n) is 13.8. The number of anilines is 4. The Bertz CT molecular complexity index is 3030. The first kappa shape index (κ1) is 44.0. The molecule has 3 aromatic heterocycles. The van der Waals surface area contributed by atoms with Crippen molar-refractivity contribution in [3.05, 3.63) is 125 Å². The van der Waals surface area contributed by atoms with Crippen LogP contribution in [0.1, 0.15) is 69.1 Å². The number of nitrogens with zero attached hydrogens (tertiary/aromatic N) is 9. The average Bonchev–Trinajstić information content (AvgIpc) is 3.95. The number of hydrogen-bond acceptors (Lipinski definition) is 11. The van der Waals surface area contributed by atoms with E-state index in [1.165, 1.54) is 21.9 Å². The standard InChI is InChI=1S/C51H52N10O7/c1-6-37-38(19-23-53-45(37)59-27-26-58(50(59)66)35-8-7-22-52-30-35)39-15-11-34(60-48(67-5)55-56(4)49(60)65)29-43(39)68-36-13-9-31(10-14-36)32-20-24-57(25-21-32)33-12-16-41-40(28-33)51(2,3)47(64)61(41)42-17-18-44(62)54-46(42)63/h7-16,19,22-23,28-30,32,42H,6,17-18,20-21,24-27H2,1-5H3,(H,54,62,63). The number of urea groups is 1. The lowest BCUT2D eigenvalue weighted by Crippen LogP contribution is -2.55. The van der Waals surface area contributed by atoms with Crippen LogP contribution in [0.25, 0.3) is 16.8 Å². The van der Waals surface area contributed by atoms with Gasteiger partial charge in [-0.3, -0.25) is 39.4 Å². The monoisotopic (exact) mass is 916 g/mol. The second kappa shape index (κ2) is 17.4. The Balaban J connectivity index is 0.896. The summed E-state index contributed by atoms with van der Waals surface area (Å²) in [6.45, 7) is 8.41. The van der Waals surface area contributed by atoms with Crippen LogP contribution in [0.15, 0.2) is 102 Å². The Morgan fingerprint density at radius 1 is 0.809 bits per heavy atom. The van der Waals surface area contributed by atoms with E-state index in [1.54, 1.807) is 46.4 Å². The fourth-order valence-electron chi connectivity index (χ4n) is 10.2. The molecule has 0 aliphatic carbocycles. The summed E-state index contributed by atoms with van der Waals surface area (Å²) in [4.78, 5) is 82.0. The van der Waals surface area contributed by atoms with Crippen molar-refractivity contribution in [1.29, 1.82) is 0 Å². The van der Waals surface area contributed by atoms with Crippen molar-refractivity contribution in [2.24, 2.45) is 7.05 Å². The van der Waals surface area contributed by atoms with Crippen LogP contribution in [0.5, 0.6) is 17.5 Å². The number of methoxy groups -OCH3 is 1. The molecule has 3 fully saturated rings. The molecule has 6 aromatic rings. The molecular formula is C51H52N10O7. The highest BCUT2D eigenvalue weighted by atomic mass is 16.5. The molecule has 17 heteroatoms. The van der Waals surface area contributed by atoms with Gasteiger partial charge >= 0.3 is 17.7 Å². The van der Waals surface area contributed by atoms with Gasteiger partial charge in [0.25, 0.3) is 0 Å². The van der Waals surface area contributed by atoms with Gasteiger partial charge in [-0.25, -0.2) is 23.8 Å². The van der Waals surface area contributed by atoms with E-state index < -0.39 is 17.4 Å². The highest BCUT2D eigenvalue weighted by molar-refractivity contribution is 6.14. The Kier molecular flexibility index (Phi) is 11.3. The zero-order valence-electron chi connectivity index (χ0n) is 38.6. The van der Waals surface area contributed by atoms with Crippen LogP contribution < -0.4 is 40.1 Å². The molecule has 5 amide bonds. The maximum atomic E-state index is 13.9. The first-order chi connectivity index (χ1) is 32.9. The van der Waals surface area contributed by atoms with E-state index in [1.807, 2.05) is 75.4 Å². The molecule has 17 nitrogen and oxygen atoms in total. The number of nitrogens with one attached hydrogen (secondary N) is 1. The van der Waals surface area contributed by atoms with Crippen molar-refractivity contribution in [3.8, 4) is 34.3 Å². The number of fused-ring (bicyclic) bond motifs is 1. The van der Waals surface area contributed by atoms with Gasteiger partial charge in [0, 0.05) is 80.6 Å². The first-order valence-corrected chi connectivity index (χ1v) is 23.0. The number of ether oxygens (including phenoxy) is 2. The van der Waals surface area contributed by atoms with Crippen LogP contribution in [0.4, 0.5) is 27.7 Å². The van der Waals surface area contributed by atoms with E-state index in [9.17, 15) is 24.0 Å². The summed E-state index contributed by atoms with van der Waals surface area (Å²) in [6, 6.07) is 24.6. The third-order valence-corrected chi connectivity index (χ3v) is 13.8. The number of carbonyl (C=O) groups excluding carboxylic acids is 4. The molecule has 0 saturated carbocycles. The highest BCUT2D eigenvalue weighted by Gasteiger charge is 2.49. The van der Waals surface area contributed by atoms with Crippen LogP contribution in [-0.4, -0.2) is 87.4 Å². The summed E-state index contributed by atoms with van der Waals surface area (Å²) in [5.41, 5.74) is 6.32. The second-order valence-electron chi connectivity index (χ2n) is 18.1. The lowest BCUT2D eigenvalue weighted by molar-refractivity contribution is -0.136. The fraction of sp³-hybridized carbons (Fsp3) is 0.333. The van der Waals surface area contributed by atoms with Gasteiger partial charge in [-0.1, -0.05) is 19.1 Å². The molecule has 4 aliphatic heterocycles. The van der Waals surface area contributed by atoms with E-state index in [-0.39, 0.29) is 36.0 Å². The smallest absolute Gasteiger partial charge is 0.353 e. The van der Waals surface area contributed by atoms with Crippen molar-refractivity contribution < 1.29 is 28.7 Å². The van der Waals surface area contributed by atoms with Crippen molar-refractivity contribution in [2.45, 2.75) is 70.3 Å². The number of imide groups is 1. The molecule has 3 saturated heterocycles. The highest BCUT2D eigenvalue weighted by Crippen LogP contribution is 2.46. The van der Waals surface area contributed by atoms with E-state index in [0.29, 0.717) is 54.9 Å². The molecule has 0 radical (unpaired) electrons. The summed E-state index contributed by atoms with van der Waals surface area (Å²) in [5, 5.41) is 6.65. The molecule has 0 spiro atoms. The minimum absolute atomic E-state index is 0.129. The maximum absolute atomic E-state index is 13.9. The number of aromatic nitrogens is 5. The third kappa shape index (κ3) is 7.60. The number of hydrogen-bond donors (Lipinski definition) is 1. The van der Waals surface area contributed by atoms with Crippen molar-refractivity contribution in [2.75, 3.05) is 52.9 Å². The number of piperidine rings is 2. The molecule has 7 heterocycles. The van der Waals surface area contributed by atoms with Crippen LogP contribution >= 0.6 is 0 Å².